The monoisotopic (exact) mass is 334 g/mol. The Labute approximate surface area is 142 Å². The summed E-state index contributed by atoms with van der Waals surface area (Å²) in [5.41, 5.74) is 2.98. The zero-order chi connectivity index (χ0) is 17.1. The van der Waals surface area contributed by atoms with Crippen LogP contribution in [0, 0.1) is 0 Å². The third-order valence-electron chi connectivity index (χ3n) is 3.63. The van der Waals surface area contributed by atoms with Gasteiger partial charge in [0.25, 0.3) is 0 Å². The number of urea groups is 1. The molecule has 4 aromatic rings. The molecule has 25 heavy (non-hydrogen) atoms. The van der Waals surface area contributed by atoms with Gasteiger partial charge in [0, 0.05) is 11.4 Å². The number of amides is 2. The van der Waals surface area contributed by atoms with E-state index in [-0.39, 0.29) is 12.6 Å². The quantitative estimate of drug-likeness (QED) is 0.527. The minimum atomic E-state index is -0.342. The molecular formula is C16H14N8O. The number of carbonyl (C=O) groups excluding carboxylic acids is 1. The first-order valence-corrected chi connectivity index (χ1v) is 7.59. The zero-order valence-corrected chi connectivity index (χ0v) is 13.0. The van der Waals surface area contributed by atoms with Crippen LogP contribution in [0.1, 0.15) is 5.82 Å². The second kappa shape index (κ2) is 6.40. The van der Waals surface area contributed by atoms with E-state index in [9.17, 15) is 4.79 Å². The van der Waals surface area contributed by atoms with E-state index in [1.807, 2.05) is 34.9 Å². The summed E-state index contributed by atoms with van der Waals surface area (Å²) in [6, 6.07) is 14.6. The molecule has 9 heteroatoms. The Morgan fingerprint density at radius 2 is 1.92 bits per heavy atom. The van der Waals surface area contributed by atoms with Crippen LogP contribution in [-0.2, 0) is 6.54 Å². The molecule has 0 aliphatic heterocycles. The second-order valence-corrected chi connectivity index (χ2v) is 5.29. The lowest BCUT2D eigenvalue weighted by molar-refractivity contribution is 0.251. The van der Waals surface area contributed by atoms with E-state index in [1.54, 1.807) is 24.5 Å². The summed E-state index contributed by atoms with van der Waals surface area (Å²) in [5.74, 6) is 0.633. The Morgan fingerprint density at radius 1 is 1.08 bits per heavy atom. The fourth-order valence-corrected chi connectivity index (χ4v) is 2.44. The molecule has 2 heterocycles. The first kappa shape index (κ1) is 14.8. The lowest BCUT2D eigenvalue weighted by atomic mass is 10.3. The number of fused-ring (bicyclic) bond motifs is 1. The number of hydrogen-bond donors (Lipinski definition) is 3. The molecule has 2 aromatic carbocycles. The van der Waals surface area contributed by atoms with Crippen LogP contribution < -0.4 is 10.6 Å². The Hall–Kier alpha value is -3.75. The summed E-state index contributed by atoms with van der Waals surface area (Å²) in [6.45, 7) is 0.243. The van der Waals surface area contributed by atoms with Crippen molar-refractivity contribution in [2.75, 3.05) is 5.32 Å². The predicted molar refractivity (Wildman–Crippen MR) is 91.1 cm³/mol. The number of rotatable bonds is 4. The number of carbonyl (C=O) groups is 1. The molecule has 0 saturated carbocycles. The molecule has 2 amide bonds. The Kier molecular flexibility index (Phi) is 3.79. The molecule has 0 fully saturated rings. The Bertz CT molecular complexity index is 1010. The molecule has 0 spiro atoms. The number of aromatic nitrogens is 6. The SMILES string of the molecule is O=C(NCc1nncn1-c1ccccc1)Nc1ccc2n[nH]nc2c1. The van der Waals surface area contributed by atoms with Crippen molar-refractivity contribution in [3.63, 3.8) is 0 Å². The number of aromatic amines is 1. The Balaban J connectivity index is 1.41. The molecule has 0 radical (unpaired) electrons. The van der Waals surface area contributed by atoms with Crippen LogP contribution in [0.4, 0.5) is 10.5 Å². The Morgan fingerprint density at radius 3 is 2.80 bits per heavy atom. The molecule has 0 bridgehead atoms. The molecule has 0 saturated heterocycles. The molecule has 124 valence electrons. The second-order valence-electron chi connectivity index (χ2n) is 5.29. The predicted octanol–water partition coefficient (Wildman–Crippen LogP) is 1.86. The average molecular weight is 334 g/mol. The summed E-state index contributed by atoms with van der Waals surface area (Å²) in [6.07, 6.45) is 1.61. The van der Waals surface area contributed by atoms with Crippen molar-refractivity contribution in [3.05, 3.63) is 60.7 Å². The highest BCUT2D eigenvalue weighted by Gasteiger charge is 2.09. The van der Waals surface area contributed by atoms with E-state index in [0.717, 1.165) is 11.2 Å². The number of anilines is 1. The van der Waals surface area contributed by atoms with Crippen LogP contribution in [-0.4, -0.2) is 36.2 Å². The number of nitrogens with one attached hydrogen (secondary N) is 3. The summed E-state index contributed by atoms with van der Waals surface area (Å²) in [4.78, 5) is 12.1. The maximum atomic E-state index is 12.1. The van der Waals surface area contributed by atoms with Crippen molar-refractivity contribution in [2.45, 2.75) is 6.54 Å². The van der Waals surface area contributed by atoms with Crippen LogP contribution in [0.15, 0.2) is 54.9 Å². The van der Waals surface area contributed by atoms with Gasteiger partial charge in [-0.1, -0.05) is 18.2 Å². The number of para-hydroxylation sites is 1. The van der Waals surface area contributed by atoms with Crippen molar-refractivity contribution in [2.24, 2.45) is 0 Å². The summed E-state index contributed by atoms with van der Waals surface area (Å²) in [5, 5.41) is 24.0. The maximum absolute atomic E-state index is 12.1. The van der Waals surface area contributed by atoms with Crippen molar-refractivity contribution < 1.29 is 4.79 Å². The fourth-order valence-electron chi connectivity index (χ4n) is 2.44. The van der Waals surface area contributed by atoms with Gasteiger partial charge >= 0.3 is 6.03 Å². The van der Waals surface area contributed by atoms with Crippen LogP contribution in [0.3, 0.4) is 0 Å². The third-order valence-corrected chi connectivity index (χ3v) is 3.63. The molecule has 0 aliphatic rings. The van der Waals surface area contributed by atoms with E-state index < -0.39 is 0 Å². The standard InChI is InChI=1S/C16H14N8O/c25-16(19-11-6-7-13-14(8-11)21-23-20-13)17-9-15-22-18-10-24(15)12-4-2-1-3-5-12/h1-8,10H,9H2,(H2,17,19,25)(H,20,21,23). The topological polar surface area (TPSA) is 113 Å². The molecule has 0 atom stereocenters. The van der Waals surface area contributed by atoms with E-state index >= 15 is 0 Å². The van der Waals surface area contributed by atoms with Gasteiger partial charge in [0.05, 0.1) is 6.54 Å². The van der Waals surface area contributed by atoms with Gasteiger partial charge in [-0.2, -0.15) is 15.4 Å². The molecule has 0 aliphatic carbocycles. The van der Waals surface area contributed by atoms with Crippen molar-refractivity contribution in [1.29, 1.82) is 0 Å². The summed E-state index contributed by atoms with van der Waals surface area (Å²) < 4.78 is 1.82. The van der Waals surface area contributed by atoms with E-state index in [0.29, 0.717) is 17.0 Å². The van der Waals surface area contributed by atoms with Crippen molar-refractivity contribution in [3.8, 4) is 5.69 Å². The number of hydrogen-bond acceptors (Lipinski definition) is 5. The van der Waals surface area contributed by atoms with Gasteiger partial charge in [-0.15, -0.1) is 10.2 Å². The number of H-pyrrole nitrogens is 1. The first-order valence-electron chi connectivity index (χ1n) is 7.59. The van der Waals surface area contributed by atoms with Gasteiger partial charge in [-0.3, -0.25) is 4.57 Å². The minimum absolute atomic E-state index is 0.243. The normalized spacial score (nSPS) is 10.7. The molecule has 2 aromatic heterocycles. The van der Waals surface area contributed by atoms with Crippen LogP contribution >= 0.6 is 0 Å². The lowest BCUT2D eigenvalue weighted by Gasteiger charge is -2.09. The smallest absolute Gasteiger partial charge is 0.319 e. The fraction of sp³-hybridized carbons (Fsp3) is 0.0625. The van der Waals surface area contributed by atoms with Gasteiger partial charge in [-0.25, -0.2) is 4.79 Å². The van der Waals surface area contributed by atoms with Gasteiger partial charge in [-0.05, 0) is 30.3 Å². The largest absolute Gasteiger partial charge is 0.331 e. The summed E-state index contributed by atoms with van der Waals surface area (Å²) in [7, 11) is 0. The minimum Gasteiger partial charge on any atom is -0.331 e. The molecule has 0 unspecified atom stereocenters. The summed E-state index contributed by atoms with van der Waals surface area (Å²) >= 11 is 0. The van der Waals surface area contributed by atoms with Crippen LogP contribution in [0.5, 0.6) is 0 Å². The van der Waals surface area contributed by atoms with Gasteiger partial charge < -0.3 is 10.6 Å². The van der Waals surface area contributed by atoms with Crippen LogP contribution in [0.25, 0.3) is 16.7 Å². The maximum Gasteiger partial charge on any atom is 0.319 e. The lowest BCUT2D eigenvalue weighted by Crippen LogP contribution is -2.29. The first-order chi connectivity index (χ1) is 12.3. The average Bonchev–Trinajstić information content (AvgIpc) is 3.29. The van der Waals surface area contributed by atoms with Crippen molar-refractivity contribution in [1.82, 2.24) is 35.5 Å². The molecule has 4 rings (SSSR count). The van der Waals surface area contributed by atoms with Gasteiger partial charge in [0.1, 0.15) is 17.4 Å². The molecular weight excluding hydrogens is 320 g/mol. The third kappa shape index (κ3) is 3.15. The van der Waals surface area contributed by atoms with E-state index in [1.165, 1.54) is 0 Å². The number of nitrogens with zero attached hydrogens (tertiary/aromatic N) is 5. The van der Waals surface area contributed by atoms with Crippen molar-refractivity contribution >= 4 is 22.8 Å². The van der Waals surface area contributed by atoms with Gasteiger partial charge in [0.2, 0.25) is 0 Å². The number of benzene rings is 2. The van der Waals surface area contributed by atoms with Gasteiger partial charge in [0.15, 0.2) is 5.82 Å². The molecule has 9 nitrogen and oxygen atoms in total. The van der Waals surface area contributed by atoms with Crippen LogP contribution in [0.2, 0.25) is 0 Å². The highest BCUT2D eigenvalue weighted by molar-refractivity contribution is 5.91. The zero-order valence-electron chi connectivity index (χ0n) is 13.0. The van der Waals surface area contributed by atoms with E-state index in [2.05, 4.69) is 36.2 Å². The highest BCUT2D eigenvalue weighted by atomic mass is 16.2. The van der Waals surface area contributed by atoms with E-state index in [4.69, 9.17) is 0 Å². The molecule has 3 N–H and O–H groups in total. The highest BCUT2D eigenvalue weighted by Crippen LogP contribution is 2.14.